The van der Waals surface area contributed by atoms with Crippen molar-refractivity contribution in [3.05, 3.63) is 48.5 Å². The van der Waals surface area contributed by atoms with Crippen LogP contribution in [-0.2, 0) is 4.79 Å². The van der Waals surface area contributed by atoms with E-state index in [4.69, 9.17) is 4.74 Å². The van der Waals surface area contributed by atoms with Crippen LogP contribution in [0.1, 0.15) is 20.3 Å². The molecule has 2 aromatic rings. The second kappa shape index (κ2) is 8.97. The Bertz CT molecular complexity index is 682. The summed E-state index contributed by atoms with van der Waals surface area (Å²) in [6, 6.07) is 15.5. The quantitative estimate of drug-likeness (QED) is 0.762. The van der Waals surface area contributed by atoms with Crippen LogP contribution in [0.2, 0.25) is 0 Å². The fourth-order valence-electron chi connectivity index (χ4n) is 2.35. The van der Waals surface area contributed by atoms with Crippen molar-refractivity contribution < 1.29 is 9.53 Å². The lowest BCUT2D eigenvalue weighted by Gasteiger charge is -2.15. The molecule has 134 valence electrons. The molecular weight excluding hydrogens is 314 g/mol. The number of ether oxygens (including phenoxy) is 1. The standard InChI is InChI=1S/C20H27N3O2/c1-15(2)25-19-8-6-5-7-18(19)21-14-13-20(24)22-16-9-11-17(12-10-16)23(3)4/h5-12,15,21H,13-14H2,1-4H3,(H,22,24). The normalized spacial score (nSPS) is 10.4. The average molecular weight is 341 g/mol. The molecule has 0 aliphatic rings. The van der Waals surface area contributed by atoms with E-state index in [2.05, 4.69) is 10.6 Å². The van der Waals surface area contributed by atoms with Gasteiger partial charge in [-0.25, -0.2) is 0 Å². The van der Waals surface area contributed by atoms with Crippen LogP contribution < -0.4 is 20.3 Å². The van der Waals surface area contributed by atoms with Crippen LogP contribution >= 0.6 is 0 Å². The summed E-state index contributed by atoms with van der Waals surface area (Å²) in [5.74, 6) is 0.782. The maximum Gasteiger partial charge on any atom is 0.226 e. The lowest BCUT2D eigenvalue weighted by Crippen LogP contribution is -2.17. The Morgan fingerprint density at radius 2 is 1.76 bits per heavy atom. The van der Waals surface area contributed by atoms with Crippen LogP contribution in [0.25, 0.3) is 0 Å². The van der Waals surface area contributed by atoms with Gasteiger partial charge in [-0.15, -0.1) is 0 Å². The van der Waals surface area contributed by atoms with Crippen molar-refractivity contribution in [1.29, 1.82) is 0 Å². The lowest BCUT2D eigenvalue weighted by atomic mass is 10.2. The Morgan fingerprint density at radius 3 is 2.40 bits per heavy atom. The summed E-state index contributed by atoms with van der Waals surface area (Å²) in [4.78, 5) is 14.1. The molecule has 2 aromatic carbocycles. The second-order valence-corrected chi connectivity index (χ2v) is 6.33. The Hall–Kier alpha value is -2.69. The zero-order valence-corrected chi connectivity index (χ0v) is 15.4. The molecule has 0 spiro atoms. The average Bonchev–Trinajstić information content (AvgIpc) is 2.56. The molecule has 0 aliphatic carbocycles. The Kier molecular flexibility index (Phi) is 6.69. The lowest BCUT2D eigenvalue weighted by molar-refractivity contribution is -0.115. The highest BCUT2D eigenvalue weighted by atomic mass is 16.5. The molecule has 1 amide bonds. The molecule has 2 rings (SSSR count). The van der Waals surface area contributed by atoms with Gasteiger partial charge < -0.3 is 20.3 Å². The minimum absolute atomic E-state index is 0.0210. The Balaban J connectivity index is 1.82. The maximum absolute atomic E-state index is 12.1. The number of para-hydroxylation sites is 2. The molecule has 25 heavy (non-hydrogen) atoms. The molecular formula is C20H27N3O2. The highest BCUT2D eigenvalue weighted by Gasteiger charge is 2.06. The Labute approximate surface area is 150 Å². The molecule has 0 radical (unpaired) electrons. The van der Waals surface area contributed by atoms with Gasteiger partial charge in [0.05, 0.1) is 11.8 Å². The van der Waals surface area contributed by atoms with Gasteiger partial charge in [-0.3, -0.25) is 4.79 Å². The smallest absolute Gasteiger partial charge is 0.226 e. The molecule has 0 aliphatic heterocycles. The number of carbonyl (C=O) groups excluding carboxylic acids is 1. The predicted molar refractivity (Wildman–Crippen MR) is 105 cm³/mol. The number of nitrogens with zero attached hydrogens (tertiary/aromatic N) is 1. The summed E-state index contributed by atoms with van der Waals surface area (Å²) in [5.41, 5.74) is 2.81. The van der Waals surface area contributed by atoms with Crippen LogP contribution in [0.3, 0.4) is 0 Å². The summed E-state index contributed by atoms with van der Waals surface area (Å²) < 4.78 is 5.76. The monoisotopic (exact) mass is 341 g/mol. The number of hydrogen-bond donors (Lipinski definition) is 2. The molecule has 0 aromatic heterocycles. The molecule has 2 N–H and O–H groups in total. The van der Waals surface area contributed by atoms with Crippen molar-refractivity contribution >= 4 is 23.0 Å². The molecule has 0 saturated carbocycles. The van der Waals surface area contributed by atoms with Crippen molar-refractivity contribution in [1.82, 2.24) is 0 Å². The van der Waals surface area contributed by atoms with E-state index in [0.717, 1.165) is 22.8 Å². The van der Waals surface area contributed by atoms with Crippen molar-refractivity contribution in [2.45, 2.75) is 26.4 Å². The van der Waals surface area contributed by atoms with Crippen LogP contribution in [0.5, 0.6) is 5.75 Å². The molecule has 0 atom stereocenters. The third-order valence-corrected chi connectivity index (χ3v) is 3.58. The maximum atomic E-state index is 12.1. The van der Waals surface area contributed by atoms with E-state index in [9.17, 15) is 4.79 Å². The van der Waals surface area contributed by atoms with Crippen LogP contribution in [0.4, 0.5) is 17.1 Å². The largest absolute Gasteiger partial charge is 0.489 e. The number of carbonyl (C=O) groups is 1. The summed E-state index contributed by atoms with van der Waals surface area (Å²) in [7, 11) is 3.97. The van der Waals surface area contributed by atoms with E-state index in [-0.39, 0.29) is 12.0 Å². The van der Waals surface area contributed by atoms with Crippen molar-refractivity contribution in [3.8, 4) is 5.75 Å². The molecule has 5 nitrogen and oxygen atoms in total. The molecule has 0 saturated heterocycles. The van der Waals surface area contributed by atoms with Gasteiger partial charge in [-0.1, -0.05) is 12.1 Å². The SMILES string of the molecule is CC(C)Oc1ccccc1NCCC(=O)Nc1ccc(N(C)C)cc1. The summed E-state index contributed by atoms with van der Waals surface area (Å²) in [6.45, 7) is 4.53. The van der Waals surface area contributed by atoms with Gasteiger partial charge in [0.15, 0.2) is 0 Å². The van der Waals surface area contributed by atoms with Gasteiger partial charge in [0.1, 0.15) is 5.75 Å². The third-order valence-electron chi connectivity index (χ3n) is 3.58. The topological polar surface area (TPSA) is 53.6 Å². The number of anilines is 3. The molecule has 0 unspecified atom stereocenters. The first-order valence-electron chi connectivity index (χ1n) is 8.52. The summed E-state index contributed by atoms with van der Waals surface area (Å²) >= 11 is 0. The zero-order chi connectivity index (χ0) is 18.2. The Morgan fingerprint density at radius 1 is 1.08 bits per heavy atom. The highest BCUT2D eigenvalue weighted by Crippen LogP contribution is 2.24. The van der Waals surface area contributed by atoms with Crippen LogP contribution in [0, 0.1) is 0 Å². The number of hydrogen-bond acceptors (Lipinski definition) is 4. The van der Waals surface area contributed by atoms with E-state index in [1.54, 1.807) is 0 Å². The first-order valence-corrected chi connectivity index (χ1v) is 8.52. The fourth-order valence-corrected chi connectivity index (χ4v) is 2.35. The zero-order valence-electron chi connectivity index (χ0n) is 15.4. The summed E-state index contributed by atoms with van der Waals surface area (Å²) in [6.07, 6.45) is 0.488. The first kappa shape index (κ1) is 18.6. The van der Waals surface area contributed by atoms with E-state index < -0.39 is 0 Å². The molecule has 5 heteroatoms. The summed E-state index contributed by atoms with van der Waals surface area (Å²) in [5, 5.41) is 6.18. The van der Waals surface area contributed by atoms with Crippen molar-refractivity contribution in [3.63, 3.8) is 0 Å². The van der Waals surface area contributed by atoms with Gasteiger partial charge in [0, 0.05) is 38.4 Å². The van der Waals surface area contributed by atoms with Crippen molar-refractivity contribution in [2.24, 2.45) is 0 Å². The van der Waals surface area contributed by atoms with Crippen LogP contribution in [-0.4, -0.2) is 32.7 Å². The molecule has 0 heterocycles. The second-order valence-electron chi connectivity index (χ2n) is 6.33. The highest BCUT2D eigenvalue weighted by molar-refractivity contribution is 5.91. The minimum Gasteiger partial charge on any atom is -0.489 e. The van der Waals surface area contributed by atoms with Crippen molar-refractivity contribution in [2.75, 3.05) is 36.2 Å². The predicted octanol–water partition coefficient (Wildman–Crippen LogP) is 3.98. The van der Waals surface area contributed by atoms with Gasteiger partial charge in [-0.05, 0) is 50.2 Å². The third kappa shape index (κ3) is 6.03. The number of rotatable bonds is 8. The van der Waals surface area contributed by atoms with E-state index in [1.165, 1.54) is 0 Å². The van der Waals surface area contributed by atoms with E-state index in [0.29, 0.717) is 13.0 Å². The van der Waals surface area contributed by atoms with Gasteiger partial charge in [0.25, 0.3) is 0 Å². The van der Waals surface area contributed by atoms with Gasteiger partial charge in [-0.2, -0.15) is 0 Å². The first-order chi connectivity index (χ1) is 12.0. The fraction of sp³-hybridized carbons (Fsp3) is 0.350. The van der Waals surface area contributed by atoms with Crippen LogP contribution in [0.15, 0.2) is 48.5 Å². The number of nitrogens with one attached hydrogen (secondary N) is 2. The van der Waals surface area contributed by atoms with Gasteiger partial charge in [0.2, 0.25) is 5.91 Å². The minimum atomic E-state index is -0.0210. The number of amides is 1. The van der Waals surface area contributed by atoms with E-state index in [1.807, 2.05) is 81.4 Å². The van der Waals surface area contributed by atoms with Gasteiger partial charge >= 0.3 is 0 Å². The molecule has 0 fully saturated rings. The van der Waals surface area contributed by atoms with E-state index >= 15 is 0 Å². The molecule has 0 bridgehead atoms. The number of benzene rings is 2.